The molecule has 200 valence electrons. The first-order valence-electron chi connectivity index (χ1n) is 11.6. The van der Waals surface area contributed by atoms with Gasteiger partial charge in [0.05, 0.1) is 54.3 Å². The largest absolute Gasteiger partial charge is 0.504 e. The van der Waals surface area contributed by atoms with E-state index in [0.717, 1.165) is 11.3 Å². The molecule has 0 fully saturated rings. The molecule has 2 heterocycles. The van der Waals surface area contributed by atoms with Crippen molar-refractivity contribution in [3.63, 3.8) is 0 Å². The predicted molar refractivity (Wildman–Crippen MR) is 144 cm³/mol. The van der Waals surface area contributed by atoms with Crippen molar-refractivity contribution >= 4 is 35.0 Å². The minimum Gasteiger partial charge on any atom is -0.504 e. The minimum absolute atomic E-state index is 0.0718. The zero-order valence-corrected chi connectivity index (χ0v) is 23.3. The zero-order valence-electron chi connectivity index (χ0n) is 21.7. The summed E-state index contributed by atoms with van der Waals surface area (Å²) in [4.78, 5) is 31.6. The highest BCUT2D eigenvalue weighted by molar-refractivity contribution is 7.07. The highest BCUT2D eigenvalue weighted by Gasteiger charge is 2.33. The average Bonchev–Trinajstić information content (AvgIpc) is 3.18. The van der Waals surface area contributed by atoms with Crippen molar-refractivity contribution in [2.45, 2.75) is 32.9 Å². The van der Waals surface area contributed by atoms with Gasteiger partial charge in [-0.2, -0.15) is 0 Å². The molecule has 1 atom stereocenters. The number of thiazole rings is 1. The number of benzene rings is 2. The molecule has 0 aliphatic carbocycles. The summed E-state index contributed by atoms with van der Waals surface area (Å²) in [5.41, 5.74) is 1.33. The first-order chi connectivity index (χ1) is 18.1. The highest BCUT2D eigenvalue weighted by Crippen LogP contribution is 2.36. The molecule has 0 saturated heterocycles. The van der Waals surface area contributed by atoms with Gasteiger partial charge < -0.3 is 24.1 Å². The normalized spacial score (nSPS) is 15.3. The van der Waals surface area contributed by atoms with Gasteiger partial charge in [0, 0.05) is 6.07 Å². The number of methoxy groups -OCH3 is 3. The fourth-order valence-electron chi connectivity index (χ4n) is 4.18. The van der Waals surface area contributed by atoms with E-state index in [2.05, 4.69) is 4.99 Å². The smallest absolute Gasteiger partial charge is 0.338 e. The molecule has 0 amide bonds. The van der Waals surface area contributed by atoms with Crippen molar-refractivity contribution in [1.82, 2.24) is 4.57 Å². The van der Waals surface area contributed by atoms with Gasteiger partial charge in [0.2, 0.25) is 0 Å². The maximum Gasteiger partial charge on any atom is 0.338 e. The van der Waals surface area contributed by atoms with Gasteiger partial charge in [-0.05, 0) is 56.2 Å². The van der Waals surface area contributed by atoms with Crippen LogP contribution in [-0.2, 0) is 9.53 Å². The topological polar surface area (TPSA) is 109 Å². The first kappa shape index (κ1) is 27.3. The second-order valence-electron chi connectivity index (χ2n) is 8.70. The minimum atomic E-state index is -0.859. The number of carbonyl (C=O) groups is 1. The number of rotatable bonds is 7. The maximum absolute atomic E-state index is 13.8. The highest BCUT2D eigenvalue weighted by atomic mass is 35.5. The number of phenolic OH excluding ortho intramolecular Hbond substituents is 1. The lowest BCUT2D eigenvalue weighted by molar-refractivity contribution is -0.136. The van der Waals surface area contributed by atoms with Gasteiger partial charge in [0.25, 0.3) is 5.56 Å². The van der Waals surface area contributed by atoms with Crippen LogP contribution in [0, 0.1) is 0 Å². The molecule has 0 radical (unpaired) electrons. The molecule has 1 N–H and O–H groups in total. The fourth-order valence-corrected chi connectivity index (χ4v) is 5.43. The van der Waals surface area contributed by atoms with Gasteiger partial charge in [-0.25, -0.2) is 9.79 Å². The Balaban J connectivity index is 1.95. The van der Waals surface area contributed by atoms with Crippen molar-refractivity contribution in [3.8, 4) is 23.0 Å². The van der Waals surface area contributed by atoms with E-state index in [0.29, 0.717) is 42.7 Å². The van der Waals surface area contributed by atoms with Crippen LogP contribution in [0.5, 0.6) is 23.0 Å². The van der Waals surface area contributed by atoms with Crippen molar-refractivity contribution in [1.29, 1.82) is 0 Å². The molecule has 11 heteroatoms. The van der Waals surface area contributed by atoms with E-state index in [1.165, 1.54) is 32.0 Å². The van der Waals surface area contributed by atoms with Crippen LogP contribution in [0.1, 0.15) is 37.9 Å². The number of carbonyl (C=O) groups excluding carboxylic acids is 1. The lowest BCUT2D eigenvalue weighted by Gasteiger charge is -2.24. The Kier molecular flexibility index (Phi) is 7.84. The molecule has 0 bridgehead atoms. The van der Waals surface area contributed by atoms with Gasteiger partial charge in [0.15, 0.2) is 27.8 Å². The number of hydrogen-bond acceptors (Lipinski definition) is 9. The summed E-state index contributed by atoms with van der Waals surface area (Å²) in [6.45, 7) is 5.47. The fraction of sp³-hybridized carbons (Fsp3) is 0.296. The van der Waals surface area contributed by atoms with Gasteiger partial charge in [-0.1, -0.05) is 29.0 Å². The molecule has 1 aromatic heterocycles. The lowest BCUT2D eigenvalue weighted by Crippen LogP contribution is -2.39. The molecule has 38 heavy (non-hydrogen) atoms. The summed E-state index contributed by atoms with van der Waals surface area (Å²) in [7, 11) is 4.21. The van der Waals surface area contributed by atoms with Crippen LogP contribution < -0.4 is 29.1 Å². The molecule has 1 aliphatic heterocycles. The summed E-state index contributed by atoms with van der Waals surface area (Å²) in [5, 5.41) is 10.5. The average molecular weight is 559 g/mol. The molecule has 9 nitrogen and oxygen atoms in total. The molecule has 2 aromatic carbocycles. The number of aromatic nitrogens is 1. The molecule has 4 rings (SSSR count). The predicted octanol–water partition coefficient (Wildman–Crippen LogP) is 3.57. The number of esters is 1. The third-order valence-corrected chi connectivity index (χ3v) is 7.19. The van der Waals surface area contributed by atoms with Gasteiger partial charge in [0.1, 0.15) is 0 Å². The summed E-state index contributed by atoms with van der Waals surface area (Å²) >= 11 is 7.71. The Bertz CT molecular complexity index is 1620. The molecular weight excluding hydrogens is 532 g/mol. The quantitative estimate of drug-likeness (QED) is 0.442. The van der Waals surface area contributed by atoms with Crippen LogP contribution in [0.25, 0.3) is 6.08 Å². The number of hydrogen-bond donors (Lipinski definition) is 1. The number of phenols is 1. The van der Waals surface area contributed by atoms with Crippen molar-refractivity contribution in [2.75, 3.05) is 21.3 Å². The summed E-state index contributed by atoms with van der Waals surface area (Å²) < 4.78 is 23.3. The Labute approximate surface area is 227 Å². The Morgan fingerprint density at radius 3 is 2.47 bits per heavy atom. The van der Waals surface area contributed by atoms with Crippen LogP contribution in [0.4, 0.5) is 0 Å². The van der Waals surface area contributed by atoms with E-state index in [1.807, 2.05) is 13.8 Å². The second kappa shape index (κ2) is 10.9. The van der Waals surface area contributed by atoms with Crippen molar-refractivity contribution in [2.24, 2.45) is 4.99 Å². The van der Waals surface area contributed by atoms with E-state index in [1.54, 1.807) is 37.3 Å². The Morgan fingerprint density at radius 2 is 1.84 bits per heavy atom. The standard InChI is InChI=1S/C27H27ClN2O7S/c1-13(2)37-21-12-17(28)16(10-20(21)35-5)11-22-25(32)30-24(15-7-8-18(31)19(9-15)34-4)23(26(33)36-6)14(3)29-27(30)38-22/h7-13,24,31H,1-6H3/t24-/m0/s1. The van der Waals surface area contributed by atoms with Gasteiger partial charge >= 0.3 is 5.97 Å². The second-order valence-corrected chi connectivity index (χ2v) is 10.1. The van der Waals surface area contributed by atoms with Crippen LogP contribution in [0.3, 0.4) is 0 Å². The number of aromatic hydroxyl groups is 1. The van der Waals surface area contributed by atoms with E-state index < -0.39 is 12.0 Å². The van der Waals surface area contributed by atoms with E-state index in [4.69, 9.17) is 30.5 Å². The SMILES string of the molecule is COC(=O)C1=C(C)N=c2sc(=Cc3cc(OC)c(OC(C)C)cc3Cl)c(=O)n2[C@H]1c1ccc(O)c(OC)c1. The number of allylic oxidation sites excluding steroid dienone is 1. The lowest BCUT2D eigenvalue weighted by atomic mass is 9.95. The summed E-state index contributed by atoms with van der Waals surface area (Å²) in [5.74, 6) is 0.473. The molecule has 0 saturated carbocycles. The maximum atomic E-state index is 13.8. The van der Waals surface area contributed by atoms with Crippen molar-refractivity contribution in [3.05, 3.63) is 77.4 Å². The molecule has 3 aromatic rings. The van der Waals surface area contributed by atoms with Crippen LogP contribution in [0.15, 0.2) is 51.4 Å². The van der Waals surface area contributed by atoms with Gasteiger partial charge in [-0.3, -0.25) is 9.36 Å². The molecular formula is C27H27ClN2O7S. The van der Waals surface area contributed by atoms with Crippen molar-refractivity contribution < 1.29 is 28.8 Å². The monoisotopic (exact) mass is 558 g/mol. The van der Waals surface area contributed by atoms with E-state index in [-0.39, 0.29) is 28.7 Å². The Hall–Kier alpha value is -3.76. The number of fused-ring (bicyclic) bond motifs is 1. The Morgan fingerprint density at radius 1 is 1.13 bits per heavy atom. The molecule has 0 spiro atoms. The zero-order chi connectivity index (χ0) is 27.7. The third-order valence-electron chi connectivity index (χ3n) is 5.88. The van der Waals surface area contributed by atoms with Gasteiger partial charge in [-0.15, -0.1) is 0 Å². The summed E-state index contributed by atoms with van der Waals surface area (Å²) in [6, 6.07) is 7.13. The summed E-state index contributed by atoms with van der Waals surface area (Å²) in [6.07, 6.45) is 1.57. The number of nitrogens with zero attached hydrogens (tertiary/aromatic N) is 2. The number of ether oxygens (including phenoxy) is 4. The number of halogens is 1. The van der Waals surface area contributed by atoms with E-state index in [9.17, 15) is 14.7 Å². The third kappa shape index (κ3) is 5.01. The molecule has 1 aliphatic rings. The van der Waals surface area contributed by atoms with Crippen LogP contribution >= 0.6 is 22.9 Å². The first-order valence-corrected chi connectivity index (χ1v) is 12.8. The van der Waals surface area contributed by atoms with Crippen LogP contribution in [-0.4, -0.2) is 43.1 Å². The van der Waals surface area contributed by atoms with Crippen LogP contribution in [0.2, 0.25) is 5.02 Å². The molecule has 0 unspecified atom stereocenters. The van der Waals surface area contributed by atoms with E-state index >= 15 is 0 Å².